The number of nitrogens with two attached hydrogens (primary N) is 2. The third kappa shape index (κ3) is 3.36. The van der Waals surface area contributed by atoms with Crippen molar-refractivity contribution in [3.8, 4) is 0 Å². The van der Waals surface area contributed by atoms with E-state index in [1.807, 2.05) is 12.2 Å². The van der Waals surface area contributed by atoms with Crippen molar-refractivity contribution in [2.24, 2.45) is 16.5 Å². The molecule has 0 fully saturated rings. The standard InChI is InChI=1S/C15H19N3O3S/c1-9-7-12(10-5-3-4-6-10)13(22(2,20)21)8-11(9)14(19)18-15(16)17/h3,5,7-8,10H,4,6H2,1-2H3,(H4,16,17,18,19). The van der Waals surface area contributed by atoms with Crippen LogP contribution >= 0.6 is 0 Å². The molecule has 1 aliphatic carbocycles. The highest BCUT2D eigenvalue weighted by Crippen LogP contribution is 2.34. The highest BCUT2D eigenvalue weighted by atomic mass is 32.2. The van der Waals surface area contributed by atoms with Gasteiger partial charge in [0.05, 0.1) is 4.90 Å². The molecule has 0 saturated heterocycles. The SMILES string of the molecule is Cc1cc(C2C=CCC2)c(S(C)(=O)=O)cc1C(=O)N=C(N)N. The van der Waals surface area contributed by atoms with Gasteiger partial charge in [-0.1, -0.05) is 18.2 Å². The maximum absolute atomic E-state index is 12.1. The van der Waals surface area contributed by atoms with E-state index in [1.165, 1.54) is 6.07 Å². The molecule has 0 aromatic heterocycles. The number of hydrogen-bond acceptors (Lipinski definition) is 3. The number of aliphatic imine (C=N–C) groups is 1. The lowest BCUT2D eigenvalue weighted by atomic mass is 9.94. The number of carbonyl (C=O) groups excluding carboxylic acids is 1. The smallest absolute Gasteiger partial charge is 0.280 e. The van der Waals surface area contributed by atoms with E-state index in [4.69, 9.17) is 11.5 Å². The molecule has 0 radical (unpaired) electrons. The fourth-order valence-electron chi connectivity index (χ4n) is 2.62. The van der Waals surface area contributed by atoms with E-state index in [0.717, 1.165) is 24.7 Å². The van der Waals surface area contributed by atoms with E-state index in [1.54, 1.807) is 13.0 Å². The zero-order valence-electron chi connectivity index (χ0n) is 12.5. The Morgan fingerprint density at radius 2 is 2.00 bits per heavy atom. The Bertz CT molecular complexity index is 775. The molecule has 1 unspecified atom stereocenters. The molecule has 0 heterocycles. The summed E-state index contributed by atoms with van der Waals surface area (Å²) in [6.45, 7) is 1.74. The quantitative estimate of drug-likeness (QED) is 0.494. The fourth-order valence-corrected chi connectivity index (χ4v) is 3.59. The van der Waals surface area contributed by atoms with Crippen LogP contribution in [0.15, 0.2) is 34.2 Å². The molecule has 1 atom stereocenters. The van der Waals surface area contributed by atoms with Gasteiger partial charge in [0.25, 0.3) is 5.91 Å². The van der Waals surface area contributed by atoms with Gasteiger partial charge < -0.3 is 11.5 Å². The molecule has 118 valence electrons. The summed E-state index contributed by atoms with van der Waals surface area (Å²) in [7, 11) is -3.47. The summed E-state index contributed by atoms with van der Waals surface area (Å²) in [5.41, 5.74) is 12.0. The average molecular weight is 321 g/mol. The second-order valence-corrected chi connectivity index (χ2v) is 7.42. The summed E-state index contributed by atoms with van der Waals surface area (Å²) in [6, 6.07) is 3.12. The average Bonchev–Trinajstić information content (AvgIpc) is 2.89. The van der Waals surface area contributed by atoms with Gasteiger partial charge in [0.2, 0.25) is 0 Å². The van der Waals surface area contributed by atoms with Gasteiger partial charge in [-0.05, 0) is 37.0 Å². The molecule has 1 aromatic rings. The highest BCUT2D eigenvalue weighted by Gasteiger charge is 2.24. The van der Waals surface area contributed by atoms with Crippen LogP contribution in [0.4, 0.5) is 0 Å². The normalized spacial score (nSPS) is 17.5. The number of amides is 1. The van der Waals surface area contributed by atoms with E-state index >= 15 is 0 Å². The zero-order chi connectivity index (χ0) is 16.5. The molecule has 1 aromatic carbocycles. The monoisotopic (exact) mass is 321 g/mol. The van der Waals surface area contributed by atoms with Gasteiger partial charge in [0.15, 0.2) is 15.8 Å². The predicted molar refractivity (Wildman–Crippen MR) is 85.5 cm³/mol. The minimum atomic E-state index is -3.47. The third-order valence-electron chi connectivity index (χ3n) is 3.63. The maximum atomic E-state index is 12.1. The molecule has 6 nitrogen and oxygen atoms in total. The molecular weight excluding hydrogens is 302 g/mol. The lowest BCUT2D eigenvalue weighted by Crippen LogP contribution is -2.24. The molecule has 2 rings (SSSR count). The van der Waals surface area contributed by atoms with Gasteiger partial charge in [0.1, 0.15) is 0 Å². The Morgan fingerprint density at radius 1 is 1.32 bits per heavy atom. The maximum Gasteiger partial charge on any atom is 0.280 e. The minimum Gasteiger partial charge on any atom is -0.370 e. The number of hydrogen-bond donors (Lipinski definition) is 2. The number of sulfone groups is 1. The summed E-state index contributed by atoms with van der Waals surface area (Å²) >= 11 is 0. The predicted octanol–water partition coefficient (Wildman–Crippen LogP) is 1.25. The van der Waals surface area contributed by atoms with Crippen LogP contribution in [-0.2, 0) is 9.84 Å². The molecule has 22 heavy (non-hydrogen) atoms. The van der Waals surface area contributed by atoms with Crippen LogP contribution in [0.5, 0.6) is 0 Å². The fraction of sp³-hybridized carbons (Fsp3) is 0.333. The molecule has 4 N–H and O–H groups in total. The summed E-state index contributed by atoms with van der Waals surface area (Å²) < 4.78 is 24.2. The Labute approximate surface area is 129 Å². The number of nitrogens with zero attached hydrogens (tertiary/aromatic N) is 1. The summed E-state index contributed by atoms with van der Waals surface area (Å²) in [5, 5.41) is 0. The van der Waals surface area contributed by atoms with Crippen molar-refractivity contribution in [1.82, 2.24) is 0 Å². The van der Waals surface area contributed by atoms with Crippen LogP contribution in [0, 0.1) is 6.92 Å². The first-order valence-corrected chi connectivity index (χ1v) is 8.74. The van der Waals surface area contributed by atoms with Crippen LogP contribution in [0.25, 0.3) is 0 Å². The topological polar surface area (TPSA) is 116 Å². The third-order valence-corrected chi connectivity index (χ3v) is 4.78. The van der Waals surface area contributed by atoms with Crippen molar-refractivity contribution >= 4 is 21.7 Å². The molecular formula is C15H19N3O3S. The molecule has 7 heteroatoms. The second-order valence-electron chi connectivity index (χ2n) is 5.43. The molecule has 1 aliphatic rings. The number of allylic oxidation sites excluding steroid dienone is 2. The van der Waals surface area contributed by atoms with Gasteiger partial charge in [-0.15, -0.1) is 0 Å². The van der Waals surface area contributed by atoms with Gasteiger partial charge in [-0.25, -0.2) is 8.42 Å². The van der Waals surface area contributed by atoms with E-state index in [9.17, 15) is 13.2 Å². The largest absolute Gasteiger partial charge is 0.370 e. The summed E-state index contributed by atoms with van der Waals surface area (Å²) in [4.78, 5) is 15.7. The van der Waals surface area contributed by atoms with Gasteiger partial charge in [-0.2, -0.15) is 4.99 Å². The van der Waals surface area contributed by atoms with Crippen LogP contribution in [0.1, 0.15) is 40.2 Å². The molecule has 0 spiro atoms. The first kappa shape index (κ1) is 16.2. The lowest BCUT2D eigenvalue weighted by molar-refractivity contribution is 0.100. The van der Waals surface area contributed by atoms with Crippen LogP contribution in [0.3, 0.4) is 0 Å². The number of benzene rings is 1. The van der Waals surface area contributed by atoms with E-state index < -0.39 is 15.7 Å². The first-order valence-electron chi connectivity index (χ1n) is 6.85. The minimum absolute atomic E-state index is 0.0515. The number of carbonyl (C=O) groups is 1. The Kier molecular flexibility index (Phi) is 4.37. The lowest BCUT2D eigenvalue weighted by Gasteiger charge is -2.16. The summed E-state index contributed by atoms with van der Waals surface area (Å²) in [6.07, 6.45) is 6.95. The van der Waals surface area contributed by atoms with E-state index in [2.05, 4.69) is 4.99 Å². The van der Waals surface area contributed by atoms with Crippen LogP contribution < -0.4 is 11.5 Å². The number of guanidine groups is 1. The first-order chi connectivity index (χ1) is 10.2. The zero-order valence-corrected chi connectivity index (χ0v) is 13.4. The van der Waals surface area contributed by atoms with Crippen molar-refractivity contribution in [2.75, 3.05) is 6.26 Å². The number of aryl methyl sites for hydroxylation is 1. The summed E-state index contributed by atoms with van der Waals surface area (Å²) in [5.74, 6) is -0.945. The van der Waals surface area contributed by atoms with Crippen molar-refractivity contribution in [3.63, 3.8) is 0 Å². The highest BCUT2D eigenvalue weighted by molar-refractivity contribution is 7.90. The van der Waals surface area contributed by atoms with Crippen LogP contribution in [0.2, 0.25) is 0 Å². The van der Waals surface area contributed by atoms with Crippen LogP contribution in [-0.4, -0.2) is 26.5 Å². The molecule has 0 bridgehead atoms. The molecule has 0 saturated carbocycles. The Hall–Kier alpha value is -2.15. The molecule has 0 aliphatic heterocycles. The second kappa shape index (κ2) is 5.92. The van der Waals surface area contributed by atoms with Gasteiger partial charge in [0, 0.05) is 17.7 Å². The van der Waals surface area contributed by atoms with Crippen molar-refractivity contribution in [3.05, 3.63) is 41.0 Å². The van der Waals surface area contributed by atoms with E-state index in [-0.39, 0.29) is 22.3 Å². The van der Waals surface area contributed by atoms with Gasteiger partial charge in [-0.3, -0.25) is 4.79 Å². The number of rotatable bonds is 3. The van der Waals surface area contributed by atoms with Crippen molar-refractivity contribution in [1.29, 1.82) is 0 Å². The molecule has 1 amide bonds. The van der Waals surface area contributed by atoms with Crippen molar-refractivity contribution in [2.45, 2.75) is 30.6 Å². The Balaban J connectivity index is 2.64. The van der Waals surface area contributed by atoms with E-state index in [0.29, 0.717) is 5.56 Å². The Morgan fingerprint density at radius 3 is 2.50 bits per heavy atom. The van der Waals surface area contributed by atoms with Gasteiger partial charge >= 0.3 is 0 Å². The van der Waals surface area contributed by atoms with Crippen molar-refractivity contribution < 1.29 is 13.2 Å².